The zero-order chi connectivity index (χ0) is 16.7. The summed E-state index contributed by atoms with van der Waals surface area (Å²) >= 11 is -11.8. The molecule has 0 aromatic heterocycles. The van der Waals surface area contributed by atoms with Gasteiger partial charge in [-0.05, 0) is 0 Å². The monoisotopic (exact) mass is 1110 g/mol. The fourth-order valence-corrected chi connectivity index (χ4v) is 72.7. The molecule has 0 unspecified atom stereocenters. The standard InChI is InChI=1S/Ge11O12.6H2O/c1-12-7-18-6-19-11(23-10(15-4)20-7)21-8(13-2)16-5-17-9(14-3)22-11;;;;;;/h;6*1H2. The van der Waals surface area contributed by atoms with Crippen LogP contribution in [0.3, 0.4) is 0 Å². The summed E-state index contributed by atoms with van der Waals surface area (Å²) in [6.45, 7) is 0. The molecule has 0 aliphatic carbocycles. The van der Waals surface area contributed by atoms with E-state index in [1.54, 1.807) is 0 Å². The first-order valence-electron chi connectivity index (χ1n) is 4.90. The molecule has 2 saturated heterocycles. The maximum atomic E-state index is 5.93. The summed E-state index contributed by atoms with van der Waals surface area (Å²) < 4.78 is 67.0. The molecule has 0 amide bonds. The summed E-state index contributed by atoms with van der Waals surface area (Å²) in [6, 6.07) is 0. The number of hydrogen-bond donors (Lipinski definition) is 0. The molecule has 0 aromatic rings. The van der Waals surface area contributed by atoms with Crippen molar-refractivity contribution in [2.75, 3.05) is 0 Å². The Hall–Kier alpha value is 5.25. The van der Waals surface area contributed by atoms with Crippen LogP contribution in [0.2, 0.25) is 0 Å². The normalized spacial score (nSPS) is 21.1. The van der Waals surface area contributed by atoms with Crippen LogP contribution in [0.15, 0.2) is 0 Å². The van der Waals surface area contributed by atoms with Gasteiger partial charge in [0, 0.05) is 0 Å². The summed E-state index contributed by atoms with van der Waals surface area (Å²) in [5, 5.41) is 0. The van der Waals surface area contributed by atoms with E-state index in [1.807, 2.05) is 0 Å². The van der Waals surface area contributed by atoms with E-state index < -0.39 is 108 Å². The van der Waals surface area contributed by atoms with E-state index in [1.165, 1.54) is 67.4 Å². The fraction of sp³-hybridized carbons (Fsp3) is 0. The van der Waals surface area contributed by atoms with E-state index in [2.05, 4.69) is 0 Å². The van der Waals surface area contributed by atoms with Gasteiger partial charge in [0.1, 0.15) is 0 Å². The Bertz CT molecular complexity index is 332. The topological polar surface area (TPSA) is 300 Å². The quantitative estimate of drug-likeness (QED) is 0.237. The van der Waals surface area contributed by atoms with E-state index in [-0.39, 0.29) is 32.9 Å². The van der Waals surface area contributed by atoms with Crippen molar-refractivity contribution in [3.05, 3.63) is 0 Å². The molecule has 2 aliphatic rings. The number of hydrogen-bond acceptors (Lipinski definition) is 12. The van der Waals surface area contributed by atoms with E-state index in [0.29, 0.717) is 0 Å². The first-order valence-corrected chi connectivity index (χ1v) is 25.5. The first kappa shape index (κ1) is 44.3. The van der Waals surface area contributed by atoms with E-state index in [4.69, 9.17) is 33.5 Å². The third kappa shape index (κ3) is 15.9. The Balaban J connectivity index is -0.000000320. The fourth-order valence-electron chi connectivity index (χ4n) is 0.944. The molecule has 2 fully saturated rings. The van der Waals surface area contributed by atoms with Gasteiger partial charge >= 0.3 is 209 Å². The molecule has 29 heteroatoms. The van der Waals surface area contributed by atoms with Crippen LogP contribution in [0.4, 0.5) is 0 Å². The summed E-state index contributed by atoms with van der Waals surface area (Å²) in [7, 11) is 0. The third-order valence-electron chi connectivity index (χ3n) is 1.67. The van der Waals surface area contributed by atoms with Crippen molar-refractivity contribution in [3.8, 4) is 0 Å². The average Bonchev–Trinajstić information content (AvgIpc) is 2.53. The molecule has 29 heavy (non-hydrogen) atoms. The molecule has 0 bridgehead atoms. The van der Waals surface area contributed by atoms with Crippen molar-refractivity contribution >= 4 is 176 Å². The van der Waals surface area contributed by atoms with E-state index in [9.17, 15) is 0 Å². The minimum atomic E-state index is -4.24. The zero-order valence-electron chi connectivity index (χ0n) is 13.4. The van der Waals surface area contributed by atoms with Crippen molar-refractivity contribution in [1.82, 2.24) is 0 Å². The van der Waals surface area contributed by atoms with Crippen molar-refractivity contribution in [3.63, 3.8) is 0 Å². The second kappa shape index (κ2) is 24.9. The van der Waals surface area contributed by atoms with Gasteiger partial charge in [-0.2, -0.15) is 0 Å². The molecule has 2 aliphatic heterocycles. The third-order valence-corrected chi connectivity index (χ3v) is 45.0. The molecule has 164 valence electrons. The van der Waals surface area contributed by atoms with Crippen LogP contribution in [-0.4, -0.2) is 209 Å². The van der Waals surface area contributed by atoms with Crippen molar-refractivity contribution < 1.29 is 66.3 Å². The summed E-state index contributed by atoms with van der Waals surface area (Å²) in [6.07, 6.45) is 0. The van der Waals surface area contributed by atoms with Crippen LogP contribution < -0.4 is 0 Å². The average molecular weight is 1100 g/mol. The van der Waals surface area contributed by atoms with Gasteiger partial charge in [-0.1, -0.05) is 0 Å². The summed E-state index contributed by atoms with van der Waals surface area (Å²) in [4.78, 5) is 0. The van der Waals surface area contributed by atoms with Gasteiger partial charge in [0.25, 0.3) is 0 Å². The Labute approximate surface area is 238 Å². The molecule has 18 nitrogen and oxygen atoms in total. The maximum absolute atomic E-state index is 5.93. The minimum absolute atomic E-state index is 0. The Kier molecular flexibility index (Phi) is 38.0. The first-order chi connectivity index (χ1) is 11.1. The second-order valence-electron chi connectivity index (χ2n) is 2.89. The van der Waals surface area contributed by atoms with Crippen LogP contribution in [0.25, 0.3) is 0 Å². The van der Waals surface area contributed by atoms with E-state index in [0.717, 1.165) is 0 Å². The molecule has 0 aromatic carbocycles. The number of rotatable bonds is 4. The van der Waals surface area contributed by atoms with Crippen molar-refractivity contribution in [2.45, 2.75) is 0 Å². The van der Waals surface area contributed by atoms with Gasteiger partial charge < -0.3 is 32.9 Å². The Morgan fingerprint density at radius 1 is 0.552 bits per heavy atom. The Morgan fingerprint density at radius 2 is 0.931 bits per heavy atom. The van der Waals surface area contributed by atoms with Gasteiger partial charge in [0.15, 0.2) is 0 Å². The van der Waals surface area contributed by atoms with Crippen LogP contribution >= 0.6 is 0 Å². The molecule has 0 saturated carbocycles. The predicted molar refractivity (Wildman–Crippen MR) is 98.0 cm³/mol. The molecule has 2 heterocycles. The van der Waals surface area contributed by atoms with Crippen LogP contribution in [0.5, 0.6) is 0 Å². The van der Waals surface area contributed by atoms with Crippen LogP contribution in [0, 0.1) is 0 Å². The van der Waals surface area contributed by atoms with Crippen LogP contribution in [0.1, 0.15) is 0 Å². The Morgan fingerprint density at radius 3 is 1.34 bits per heavy atom. The molecule has 2 rings (SSSR count). The van der Waals surface area contributed by atoms with Crippen molar-refractivity contribution in [1.29, 1.82) is 0 Å². The molecule has 1 spiro atoms. The zero-order valence-corrected chi connectivity index (χ0v) is 36.5. The summed E-state index contributed by atoms with van der Waals surface area (Å²) in [5.41, 5.74) is 0. The second-order valence-corrected chi connectivity index (χ2v) is 41.7. The van der Waals surface area contributed by atoms with Gasteiger partial charge in [0.2, 0.25) is 0 Å². The summed E-state index contributed by atoms with van der Waals surface area (Å²) in [5.74, 6) is 0. The van der Waals surface area contributed by atoms with Gasteiger partial charge in [-0.15, -0.1) is 0 Å². The molecular formula is H12Ge11O18. The van der Waals surface area contributed by atoms with Crippen molar-refractivity contribution in [2.24, 2.45) is 0 Å². The SMILES string of the molecule is O.O.O.O.O.O.[Ge][O][Ge]1[O][Ge][O][Ge]2([O][Ge]([O][Ge])[O][Ge][O][Ge]([O][Ge])[O]2)[O][Ge]([O][Ge])[O]1. The molecule has 20 radical (unpaired) electrons. The molecule has 0 atom stereocenters. The predicted octanol–water partition coefficient (Wildman–Crippen LogP) is -9.96. The van der Waals surface area contributed by atoms with Gasteiger partial charge in [-0.3, -0.25) is 0 Å². The van der Waals surface area contributed by atoms with Crippen LogP contribution in [-0.2, 0) is 33.5 Å². The molecular weight excluding hydrogens is 1090 g/mol. The van der Waals surface area contributed by atoms with Gasteiger partial charge in [-0.25, -0.2) is 0 Å². The van der Waals surface area contributed by atoms with E-state index >= 15 is 0 Å². The molecule has 12 N–H and O–H groups in total. The van der Waals surface area contributed by atoms with Gasteiger partial charge in [0.05, 0.1) is 0 Å².